The molecule has 146 valence electrons. The fourth-order valence-electron chi connectivity index (χ4n) is 4.09. The Hall–Kier alpha value is -4.06. The van der Waals surface area contributed by atoms with Crippen LogP contribution in [0.2, 0.25) is 0 Å². The Morgan fingerprint density at radius 2 is 2.00 bits per heavy atom. The van der Waals surface area contributed by atoms with Crippen LogP contribution in [0.25, 0.3) is 0 Å². The molecule has 1 aromatic carbocycles. The van der Waals surface area contributed by atoms with Crippen molar-refractivity contribution in [3.05, 3.63) is 69.0 Å². The molecule has 2 aliphatic rings. The van der Waals surface area contributed by atoms with E-state index < -0.39 is 29.3 Å². The number of nitrogens with two attached hydrogens (primary N) is 2. The number of para-hydroxylation sites is 1. The Balaban J connectivity index is 2.19. The van der Waals surface area contributed by atoms with E-state index in [1.54, 1.807) is 44.3 Å². The van der Waals surface area contributed by atoms with Crippen LogP contribution in [0.4, 0.5) is 5.69 Å². The maximum absolute atomic E-state index is 13.8. The fraction of sp³-hybridized carbons (Fsp3) is 0.200. The van der Waals surface area contributed by atoms with Gasteiger partial charge in [-0.1, -0.05) is 18.2 Å². The number of primary amides is 1. The minimum absolute atomic E-state index is 0.0132. The molecule has 0 fully saturated rings. The third-order valence-corrected chi connectivity index (χ3v) is 5.44. The number of aromatic nitrogens is 1. The van der Waals surface area contributed by atoms with Crippen LogP contribution in [0.15, 0.2) is 46.6 Å². The van der Waals surface area contributed by atoms with Crippen LogP contribution >= 0.6 is 0 Å². The summed E-state index contributed by atoms with van der Waals surface area (Å²) < 4.78 is 6.95. The molecule has 2 aromatic rings. The zero-order valence-electron chi connectivity index (χ0n) is 15.7. The molecular formula is C20H17N5O4. The maximum Gasteiger partial charge on any atom is 0.259 e. The number of nitriles is 1. The Labute approximate surface area is 165 Å². The molecule has 9 nitrogen and oxygen atoms in total. The first-order chi connectivity index (χ1) is 13.7. The average Bonchev–Trinajstić information content (AvgIpc) is 2.90. The highest BCUT2D eigenvalue weighted by Crippen LogP contribution is 2.53. The van der Waals surface area contributed by atoms with Crippen LogP contribution in [0.3, 0.4) is 0 Å². The smallest absolute Gasteiger partial charge is 0.259 e. The standard InChI is InChI=1S/C20H17N5O4/c1-10-7-14-16(18(27)24(10)2)20(12(8-21)17(23)29-14)11-5-3-4-6-13(11)25(19(20)28)9-15(22)26/h3-7H,9,23H2,1-2H3,(H2,22,26)/t20-/m1/s1. The van der Waals surface area contributed by atoms with Crippen LogP contribution in [0.1, 0.15) is 16.8 Å². The number of aryl methyl sites for hydroxylation is 1. The molecule has 2 amide bonds. The van der Waals surface area contributed by atoms with Crippen molar-refractivity contribution >= 4 is 17.5 Å². The number of amides is 2. The van der Waals surface area contributed by atoms with Gasteiger partial charge in [0.05, 0.1) is 5.56 Å². The molecule has 1 spiro atoms. The molecule has 0 saturated heterocycles. The molecule has 0 unspecified atom stereocenters. The van der Waals surface area contributed by atoms with E-state index in [1.807, 2.05) is 6.07 Å². The van der Waals surface area contributed by atoms with Gasteiger partial charge in [-0.15, -0.1) is 0 Å². The molecule has 0 saturated carbocycles. The zero-order valence-corrected chi connectivity index (χ0v) is 15.7. The molecule has 29 heavy (non-hydrogen) atoms. The number of ether oxygens (including phenoxy) is 1. The van der Waals surface area contributed by atoms with Crippen molar-refractivity contribution in [2.24, 2.45) is 18.5 Å². The van der Waals surface area contributed by atoms with Gasteiger partial charge in [-0.05, 0) is 13.0 Å². The van der Waals surface area contributed by atoms with E-state index in [-0.39, 0.29) is 22.8 Å². The molecule has 1 aromatic heterocycles. The number of carbonyl (C=O) groups excluding carboxylic acids is 2. The first-order valence-electron chi connectivity index (χ1n) is 8.74. The molecule has 1 atom stereocenters. The summed E-state index contributed by atoms with van der Waals surface area (Å²) in [5.41, 5.74) is 10.2. The number of fused-ring (bicyclic) bond motifs is 4. The van der Waals surface area contributed by atoms with E-state index in [0.717, 1.165) is 0 Å². The van der Waals surface area contributed by atoms with Crippen LogP contribution < -0.4 is 26.7 Å². The minimum Gasteiger partial charge on any atom is -0.440 e. The normalized spacial score (nSPS) is 19.6. The summed E-state index contributed by atoms with van der Waals surface area (Å²) in [5.74, 6) is -1.55. The summed E-state index contributed by atoms with van der Waals surface area (Å²) in [6.45, 7) is 1.31. The van der Waals surface area contributed by atoms with E-state index in [4.69, 9.17) is 16.2 Å². The SMILES string of the molecule is Cc1cc2c(c(=O)n1C)[C@]1(C(=O)N(CC(N)=O)c3ccccc31)C(C#N)=C(N)O2. The van der Waals surface area contributed by atoms with Crippen LogP contribution in [0, 0.1) is 18.3 Å². The van der Waals surface area contributed by atoms with Crippen molar-refractivity contribution in [3.63, 3.8) is 0 Å². The number of hydrogen-bond acceptors (Lipinski definition) is 6. The number of rotatable bonds is 2. The second-order valence-electron chi connectivity index (χ2n) is 6.97. The average molecular weight is 391 g/mol. The van der Waals surface area contributed by atoms with Crippen LogP contribution in [0.5, 0.6) is 5.75 Å². The summed E-state index contributed by atoms with van der Waals surface area (Å²) in [6, 6.07) is 10.2. The van der Waals surface area contributed by atoms with Crippen molar-refractivity contribution in [1.82, 2.24) is 4.57 Å². The Morgan fingerprint density at radius 1 is 1.31 bits per heavy atom. The molecule has 9 heteroatoms. The van der Waals surface area contributed by atoms with Gasteiger partial charge in [0.15, 0.2) is 5.41 Å². The van der Waals surface area contributed by atoms with Gasteiger partial charge in [0.2, 0.25) is 17.7 Å². The Bertz CT molecular complexity index is 1240. The first kappa shape index (κ1) is 18.3. The van der Waals surface area contributed by atoms with Gasteiger partial charge in [0, 0.05) is 30.1 Å². The quantitative estimate of drug-likeness (QED) is 0.731. The Morgan fingerprint density at radius 3 is 2.66 bits per heavy atom. The van der Waals surface area contributed by atoms with Crippen molar-refractivity contribution in [2.45, 2.75) is 12.3 Å². The highest BCUT2D eigenvalue weighted by atomic mass is 16.5. The van der Waals surface area contributed by atoms with Gasteiger partial charge in [0.25, 0.3) is 5.56 Å². The highest BCUT2D eigenvalue weighted by Gasteiger charge is 2.60. The van der Waals surface area contributed by atoms with Gasteiger partial charge < -0.3 is 25.7 Å². The number of pyridine rings is 1. The lowest BCUT2D eigenvalue weighted by molar-refractivity contribution is -0.123. The molecule has 4 rings (SSSR count). The number of nitrogens with zero attached hydrogens (tertiary/aromatic N) is 3. The van der Waals surface area contributed by atoms with Crippen molar-refractivity contribution in [1.29, 1.82) is 5.26 Å². The van der Waals surface area contributed by atoms with Crippen LogP contribution in [-0.4, -0.2) is 22.9 Å². The van der Waals surface area contributed by atoms with E-state index in [1.165, 1.54) is 9.47 Å². The molecule has 4 N–H and O–H groups in total. The Kier molecular flexibility index (Phi) is 3.77. The van der Waals surface area contributed by atoms with Gasteiger partial charge >= 0.3 is 0 Å². The molecular weight excluding hydrogens is 374 g/mol. The minimum atomic E-state index is -1.82. The van der Waals surface area contributed by atoms with E-state index in [9.17, 15) is 19.6 Å². The number of anilines is 1. The van der Waals surface area contributed by atoms with Gasteiger partial charge in [-0.25, -0.2) is 0 Å². The summed E-state index contributed by atoms with van der Waals surface area (Å²) in [4.78, 5) is 39.9. The second-order valence-corrected chi connectivity index (χ2v) is 6.97. The summed E-state index contributed by atoms with van der Waals surface area (Å²) in [7, 11) is 1.56. The lowest BCUT2D eigenvalue weighted by Gasteiger charge is -2.34. The molecule has 2 aliphatic heterocycles. The summed E-state index contributed by atoms with van der Waals surface area (Å²) in [5, 5.41) is 9.90. The van der Waals surface area contributed by atoms with E-state index in [0.29, 0.717) is 16.9 Å². The third-order valence-electron chi connectivity index (χ3n) is 5.44. The number of carbonyl (C=O) groups is 2. The monoisotopic (exact) mass is 391 g/mol. The maximum atomic E-state index is 13.8. The second kappa shape index (κ2) is 5.97. The predicted molar refractivity (Wildman–Crippen MR) is 103 cm³/mol. The van der Waals surface area contributed by atoms with Gasteiger partial charge in [-0.3, -0.25) is 14.4 Å². The predicted octanol–water partition coefficient (Wildman–Crippen LogP) is -0.102. The molecule has 0 bridgehead atoms. The lowest BCUT2D eigenvalue weighted by atomic mass is 9.69. The molecule has 3 heterocycles. The van der Waals surface area contributed by atoms with Crippen molar-refractivity contribution in [3.8, 4) is 11.8 Å². The van der Waals surface area contributed by atoms with Gasteiger partial charge in [-0.2, -0.15) is 5.26 Å². The molecule has 0 aliphatic carbocycles. The summed E-state index contributed by atoms with van der Waals surface area (Å²) in [6.07, 6.45) is 0. The summed E-state index contributed by atoms with van der Waals surface area (Å²) >= 11 is 0. The number of benzene rings is 1. The third kappa shape index (κ3) is 2.17. The topological polar surface area (TPSA) is 144 Å². The number of hydrogen-bond donors (Lipinski definition) is 2. The largest absolute Gasteiger partial charge is 0.440 e. The van der Waals surface area contributed by atoms with Crippen LogP contribution in [-0.2, 0) is 22.1 Å². The highest BCUT2D eigenvalue weighted by molar-refractivity contribution is 6.15. The lowest BCUT2D eigenvalue weighted by Crippen LogP contribution is -2.51. The zero-order chi connectivity index (χ0) is 21.1. The fourth-order valence-corrected chi connectivity index (χ4v) is 4.09. The first-order valence-corrected chi connectivity index (χ1v) is 8.74. The molecule has 0 radical (unpaired) electrons. The van der Waals surface area contributed by atoms with Crippen molar-refractivity contribution in [2.75, 3.05) is 11.4 Å². The van der Waals surface area contributed by atoms with Crippen molar-refractivity contribution < 1.29 is 14.3 Å². The van der Waals surface area contributed by atoms with Gasteiger partial charge in [0.1, 0.15) is 23.9 Å². The van der Waals surface area contributed by atoms with E-state index >= 15 is 0 Å². The van der Waals surface area contributed by atoms with E-state index in [2.05, 4.69) is 0 Å².